The molecular weight excluding hydrogens is 377 g/mol. The summed E-state index contributed by atoms with van der Waals surface area (Å²) in [4.78, 5) is 28.8. The van der Waals surface area contributed by atoms with Gasteiger partial charge in [0, 0.05) is 12.7 Å². The summed E-state index contributed by atoms with van der Waals surface area (Å²) in [5, 5.41) is 10.1. The van der Waals surface area contributed by atoms with Crippen molar-refractivity contribution in [3.8, 4) is 5.69 Å². The van der Waals surface area contributed by atoms with Gasteiger partial charge in [0.05, 0.1) is 33.7 Å². The van der Waals surface area contributed by atoms with Gasteiger partial charge >= 0.3 is 12.2 Å². The van der Waals surface area contributed by atoms with Crippen molar-refractivity contribution < 1.29 is 18.0 Å². The maximum absolute atomic E-state index is 12.7. The molecule has 0 saturated heterocycles. The number of hydrogen-bond acceptors (Lipinski definition) is 4. The van der Waals surface area contributed by atoms with Gasteiger partial charge in [0.2, 0.25) is 0 Å². The van der Waals surface area contributed by atoms with Crippen molar-refractivity contribution in [2.24, 2.45) is 0 Å². The Morgan fingerprint density at radius 3 is 2.54 bits per heavy atom. The van der Waals surface area contributed by atoms with Gasteiger partial charge in [0.25, 0.3) is 5.56 Å². The Morgan fingerprint density at radius 2 is 1.89 bits per heavy atom. The van der Waals surface area contributed by atoms with Gasteiger partial charge in [0.1, 0.15) is 0 Å². The lowest BCUT2D eigenvalue weighted by atomic mass is 10.2. The van der Waals surface area contributed by atoms with Crippen LogP contribution in [-0.2, 0) is 6.18 Å². The number of H-pyrrole nitrogens is 1. The third-order valence-electron chi connectivity index (χ3n) is 4.23. The van der Waals surface area contributed by atoms with Crippen molar-refractivity contribution in [3.63, 3.8) is 0 Å². The molecule has 0 spiro atoms. The molecule has 11 heteroatoms. The SMILES string of the molecule is CCNC(=O)n1ncc2c3[nH]n(-c4ccc(C(F)(F)F)cc4)c(=O)c3cnc21. The van der Waals surface area contributed by atoms with Crippen LogP contribution in [-0.4, -0.2) is 37.1 Å². The van der Waals surface area contributed by atoms with Gasteiger partial charge in [-0.1, -0.05) is 0 Å². The predicted molar refractivity (Wildman–Crippen MR) is 94.5 cm³/mol. The summed E-state index contributed by atoms with van der Waals surface area (Å²) in [6.07, 6.45) is -1.77. The van der Waals surface area contributed by atoms with Crippen molar-refractivity contribution in [2.75, 3.05) is 6.54 Å². The Hall–Kier alpha value is -3.63. The van der Waals surface area contributed by atoms with E-state index < -0.39 is 23.3 Å². The first-order chi connectivity index (χ1) is 13.3. The van der Waals surface area contributed by atoms with Crippen LogP contribution in [0.15, 0.2) is 41.5 Å². The number of carbonyl (C=O) groups is 1. The number of fused-ring (bicyclic) bond motifs is 3. The molecule has 0 fully saturated rings. The lowest BCUT2D eigenvalue weighted by Crippen LogP contribution is -2.29. The summed E-state index contributed by atoms with van der Waals surface area (Å²) in [7, 11) is 0. The van der Waals surface area contributed by atoms with Crippen molar-refractivity contribution >= 4 is 28.0 Å². The maximum atomic E-state index is 12.7. The second-order valence-electron chi connectivity index (χ2n) is 5.97. The van der Waals surface area contributed by atoms with Crippen LogP contribution in [0.4, 0.5) is 18.0 Å². The number of pyridine rings is 1. The fourth-order valence-electron chi connectivity index (χ4n) is 2.90. The third kappa shape index (κ3) is 2.71. The first kappa shape index (κ1) is 17.8. The van der Waals surface area contributed by atoms with Gasteiger partial charge in [-0.2, -0.15) is 23.0 Å². The molecule has 28 heavy (non-hydrogen) atoms. The van der Waals surface area contributed by atoms with Crippen molar-refractivity contribution in [2.45, 2.75) is 13.1 Å². The van der Waals surface area contributed by atoms with E-state index in [0.717, 1.165) is 21.5 Å². The van der Waals surface area contributed by atoms with Crippen LogP contribution in [0, 0.1) is 0 Å². The number of rotatable bonds is 2. The van der Waals surface area contributed by atoms with Crippen molar-refractivity contribution in [3.05, 3.63) is 52.6 Å². The molecule has 3 aromatic heterocycles. The standard InChI is InChI=1S/C17H13F3N6O2/c1-2-21-16(28)26-14-11(8-23-26)13-12(7-22-14)15(27)25(24-13)10-5-3-9(4-6-10)17(18,19)20/h3-8,24H,2H2,1H3,(H,21,28). The number of hydrogen-bond donors (Lipinski definition) is 2. The molecule has 0 bridgehead atoms. The van der Waals surface area contributed by atoms with Crippen LogP contribution in [0.5, 0.6) is 0 Å². The van der Waals surface area contributed by atoms with E-state index in [-0.39, 0.29) is 16.7 Å². The molecule has 0 atom stereocenters. The molecule has 4 rings (SSSR count). The predicted octanol–water partition coefficient (Wildman–Crippen LogP) is 2.66. The molecule has 2 N–H and O–H groups in total. The molecule has 3 heterocycles. The van der Waals surface area contributed by atoms with E-state index in [0.29, 0.717) is 17.4 Å². The Bertz CT molecular complexity index is 1250. The fraction of sp³-hybridized carbons (Fsp3) is 0.176. The molecule has 0 aliphatic rings. The summed E-state index contributed by atoms with van der Waals surface area (Å²) < 4.78 is 40.4. The molecule has 144 valence electrons. The highest BCUT2D eigenvalue weighted by Gasteiger charge is 2.30. The zero-order valence-electron chi connectivity index (χ0n) is 14.4. The molecule has 1 amide bonds. The van der Waals surface area contributed by atoms with E-state index in [4.69, 9.17) is 0 Å². The molecule has 0 radical (unpaired) electrons. The smallest absolute Gasteiger partial charge is 0.336 e. The van der Waals surface area contributed by atoms with Crippen LogP contribution in [0.1, 0.15) is 12.5 Å². The average Bonchev–Trinajstić information content (AvgIpc) is 3.23. The van der Waals surface area contributed by atoms with E-state index in [1.54, 1.807) is 6.92 Å². The van der Waals surface area contributed by atoms with Gasteiger partial charge in [0.15, 0.2) is 5.65 Å². The second kappa shape index (κ2) is 6.22. The monoisotopic (exact) mass is 390 g/mol. The maximum Gasteiger partial charge on any atom is 0.416 e. The van der Waals surface area contributed by atoms with Crippen molar-refractivity contribution in [1.82, 2.24) is 29.9 Å². The van der Waals surface area contributed by atoms with Gasteiger partial charge in [-0.15, -0.1) is 0 Å². The highest BCUT2D eigenvalue weighted by molar-refractivity contribution is 6.03. The van der Waals surface area contributed by atoms with Crippen LogP contribution in [0.25, 0.3) is 27.6 Å². The summed E-state index contributed by atoms with van der Waals surface area (Å²) in [6, 6.07) is 3.72. The van der Waals surface area contributed by atoms with Crippen LogP contribution >= 0.6 is 0 Å². The largest absolute Gasteiger partial charge is 0.416 e. The molecule has 1 aromatic carbocycles. The number of alkyl halides is 3. The highest BCUT2D eigenvalue weighted by atomic mass is 19.4. The number of nitrogens with one attached hydrogen (secondary N) is 2. The average molecular weight is 390 g/mol. The van der Waals surface area contributed by atoms with E-state index in [9.17, 15) is 22.8 Å². The Labute approximate surface area is 154 Å². The van der Waals surface area contributed by atoms with E-state index in [2.05, 4.69) is 20.5 Å². The quantitative estimate of drug-likeness (QED) is 0.550. The summed E-state index contributed by atoms with van der Waals surface area (Å²) in [5.74, 6) is 0. The third-order valence-corrected chi connectivity index (χ3v) is 4.23. The number of aromatic amines is 1. The molecule has 0 unspecified atom stereocenters. The van der Waals surface area contributed by atoms with Gasteiger partial charge in [-0.25, -0.2) is 14.5 Å². The molecule has 4 aromatic rings. The minimum atomic E-state index is -4.46. The number of aromatic nitrogens is 5. The lowest BCUT2D eigenvalue weighted by Gasteiger charge is -2.07. The topological polar surface area (TPSA) is 97.6 Å². The minimum absolute atomic E-state index is 0.225. The first-order valence-corrected chi connectivity index (χ1v) is 8.24. The summed E-state index contributed by atoms with van der Waals surface area (Å²) in [5.41, 5.74) is -0.425. The van der Waals surface area contributed by atoms with E-state index >= 15 is 0 Å². The Kier molecular flexibility index (Phi) is 3.95. The summed E-state index contributed by atoms with van der Waals surface area (Å²) in [6.45, 7) is 2.17. The van der Waals surface area contributed by atoms with Crippen molar-refractivity contribution in [1.29, 1.82) is 0 Å². The molecule has 8 nitrogen and oxygen atoms in total. The van der Waals surface area contributed by atoms with E-state index in [1.165, 1.54) is 24.5 Å². The van der Waals surface area contributed by atoms with Crippen LogP contribution in [0.3, 0.4) is 0 Å². The Balaban J connectivity index is 1.86. The Morgan fingerprint density at radius 1 is 1.18 bits per heavy atom. The highest BCUT2D eigenvalue weighted by Crippen LogP contribution is 2.29. The zero-order chi connectivity index (χ0) is 20.1. The number of nitrogens with zero attached hydrogens (tertiary/aromatic N) is 4. The number of carbonyl (C=O) groups excluding carboxylic acids is 1. The zero-order valence-corrected chi connectivity index (χ0v) is 14.4. The summed E-state index contributed by atoms with van der Waals surface area (Å²) >= 11 is 0. The first-order valence-electron chi connectivity index (χ1n) is 8.24. The van der Waals surface area contributed by atoms with E-state index in [1.807, 2.05) is 0 Å². The molecule has 0 aliphatic heterocycles. The molecule has 0 saturated carbocycles. The minimum Gasteiger partial charge on any atom is -0.336 e. The lowest BCUT2D eigenvalue weighted by molar-refractivity contribution is -0.137. The fourth-order valence-corrected chi connectivity index (χ4v) is 2.90. The van der Waals surface area contributed by atoms with Crippen LogP contribution in [0.2, 0.25) is 0 Å². The number of benzene rings is 1. The van der Waals surface area contributed by atoms with Gasteiger partial charge in [-0.05, 0) is 31.2 Å². The normalized spacial score (nSPS) is 12.0. The van der Waals surface area contributed by atoms with Gasteiger partial charge in [-0.3, -0.25) is 9.89 Å². The molecular formula is C17H13F3N6O2. The van der Waals surface area contributed by atoms with Crippen LogP contribution < -0.4 is 10.9 Å². The number of halogens is 3. The number of amides is 1. The second-order valence-corrected chi connectivity index (χ2v) is 5.97. The van der Waals surface area contributed by atoms with Gasteiger partial charge < -0.3 is 5.32 Å². The molecule has 0 aliphatic carbocycles.